The normalized spacial score (nSPS) is 11.7. The zero-order valence-electron chi connectivity index (χ0n) is 14.3. The van der Waals surface area contributed by atoms with Crippen molar-refractivity contribution < 1.29 is 13.2 Å². The molecule has 0 bridgehead atoms. The monoisotopic (exact) mass is 383 g/mol. The highest BCUT2D eigenvalue weighted by Crippen LogP contribution is 2.24. The standard InChI is InChI=1S/C15H21N5O3S2/c1-4-20(5-2)25(22,23)13-8-12(7-6-11(13)3)18-14(21)9-24-15-16-10-17-19-15/h6-8,10H,4-5,9H2,1-3H3,(H,18,21)(H,16,17,19). The molecule has 2 rings (SSSR count). The highest BCUT2D eigenvalue weighted by molar-refractivity contribution is 7.99. The molecular weight excluding hydrogens is 362 g/mol. The van der Waals surface area contributed by atoms with Crippen molar-refractivity contribution in [2.45, 2.75) is 30.8 Å². The minimum atomic E-state index is -3.58. The predicted molar refractivity (Wildman–Crippen MR) is 97.0 cm³/mol. The fourth-order valence-corrected chi connectivity index (χ4v) is 4.54. The Morgan fingerprint density at radius 2 is 2.04 bits per heavy atom. The van der Waals surface area contributed by atoms with Crippen LogP contribution in [-0.2, 0) is 14.8 Å². The van der Waals surface area contributed by atoms with Crippen LogP contribution in [0.3, 0.4) is 0 Å². The maximum Gasteiger partial charge on any atom is 0.243 e. The first-order chi connectivity index (χ1) is 11.9. The molecule has 0 aliphatic rings. The lowest BCUT2D eigenvalue weighted by Gasteiger charge is -2.20. The number of benzene rings is 1. The predicted octanol–water partition coefficient (Wildman–Crippen LogP) is 1.87. The van der Waals surface area contributed by atoms with Crippen molar-refractivity contribution >= 4 is 33.4 Å². The molecular formula is C15H21N5O3S2. The topological polar surface area (TPSA) is 108 Å². The van der Waals surface area contributed by atoms with Gasteiger partial charge in [0.1, 0.15) is 6.33 Å². The lowest BCUT2D eigenvalue weighted by atomic mass is 10.2. The van der Waals surface area contributed by atoms with Gasteiger partial charge >= 0.3 is 0 Å². The number of aryl methyl sites for hydroxylation is 1. The number of rotatable bonds is 8. The smallest absolute Gasteiger partial charge is 0.243 e. The first kappa shape index (κ1) is 19.4. The highest BCUT2D eigenvalue weighted by atomic mass is 32.2. The third-order valence-electron chi connectivity index (χ3n) is 3.53. The number of sulfonamides is 1. The first-order valence-corrected chi connectivity index (χ1v) is 10.2. The number of aromatic amines is 1. The van der Waals surface area contributed by atoms with Crippen LogP contribution in [0.25, 0.3) is 0 Å². The Balaban J connectivity index is 2.14. The maximum atomic E-state index is 12.7. The van der Waals surface area contributed by atoms with Gasteiger partial charge in [0.15, 0.2) is 5.16 Å². The number of anilines is 1. The van der Waals surface area contributed by atoms with E-state index in [4.69, 9.17) is 0 Å². The SMILES string of the molecule is CCN(CC)S(=O)(=O)c1cc(NC(=O)CSc2ncn[nH]2)ccc1C. The average molecular weight is 383 g/mol. The molecule has 136 valence electrons. The van der Waals surface area contributed by atoms with Gasteiger partial charge in [0.2, 0.25) is 15.9 Å². The molecule has 10 heteroatoms. The van der Waals surface area contributed by atoms with Crippen LogP contribution in [0.15, 0.2) is 34.6 Å². The van der Waals surface area contributed by atoms with E-state index in [0.29, 0.717) is 29.5 Å². The molecule has 0 fully saturated rings. The lowest BCUT2D eigenvalue weighted by Crippen LogP contribution is -2.31. The molecule has 0 atom stereocenters. The molecule has 1 amide bonds. The molecule has 0 radical (unpaired) electrons. The summed E-state index contributed by atoms with van der Waals surface area (Å²) in [6.07, 6.45) is 1.37. The summed E-state index contributed by atoms with van der Waals surface area (Å²) in [7, 11) is -3.58. The molecule has 0 spiro atoms. The second-order valence-electron chi connectivity index (χ2n) is 5.20. The molecule has 0 aliphatic carbocycles. The van der Waals surface area contributed by atoms with Gasteiger partial charge in [-0.05, 0) is 24.6 Å². The summed E-state index contributed by atoms with van der Waals surface area (Å²) in [4.78, 5) is 16.2. The molecule has 1 heterocycles. The summed E-state index contributed by atoms with van der Waals surface area (Å²) in [6, 6.07) is 4.88. The molecule has 0 saturated carbocycles. The van der Waals surface area contributed by atoms with Crippen LogP contribution in [0, 0.1) is 6.92 Å². The lowest BCUT2D eigenvalue weighted by molar-refractivity contribution is -0.113. The molecule has 0 saturated heterocycles. The number of hydrogen-bond acceptors (Lipinski definition) is 6. The van der Waals surface area contributed by atoms with Crippen LogP contribution in [0.4, 0.5) is 5.69 Å². The summed E-state index contributed by atoms with van der Waals surface area (Å²) in [5.41, 5.74) is 1.08. The molecule has 2 aromatic rings. The zero-order chi connectivity index (χ0) is 18.4. The Bertz CT molecular complexity index is 818. The number of hydrogen-bond donors (Lipinski definition) is 2. The van der Waals surface area contributed by atoms with Gasteiger partial charge in [-0.25, -0.2) is 13.4 Å². The van der Waals surface area contributed by atoms with E-state index < -0.39 is 10.0 Å². The Labute approximate surface area is 151 Å². The fraction of sp³-hybridized carbons (Fsp3) is 0.400. The van der Waals surface area contributed by atoms with E-state index >= 15 is 0 Å². The summed E-state index contributed by atoms with van der Waals surface area (Å²) in [6.45, 7) is 6.11. The Hall–Kier alpha value is -1.91. The van der Waals surface area contributed by atoms with E-state index in [1.54, 1.807) is 32.9 Å². The highest BCUT2D eigenvalue weighted by Gasteiger charge is 2.24. The zero-order valence-corrected chi connectivity index (χ0v) is 15.9. The minimum Gasteiger partial charge on any atom is -0.325 e. The number of H-pyrrole nitrogens is 1. The molecule has 2 N–H and O–H groups in total. The van der Waals surface area contributed by atoms with Crippen molar-refractivity contribution in [3.05, 3.63) is 30.1 Å². The van der Waals surface area contributed by atoms with Gasteiger partial charge in [0, 0.05) is 18.8 Å². The number of aromatic nitrogens is 3. The largest absolute Gasteiger partial charge is 0.325 e. The van der Waals surface area contributed by atoms with E-state index in [1.807, 2.05) is 0 Å². The van der Waals surface area contributed by atoms with Gasteiger partial charge in [0.05, 0.1) is 10.6 Å². The third-order valence-corrected chi connectivity index (χ3v) is 6.60. The van der Waals surface area contributed by atoms with Crippen molar-refractivity contribution in [2.75, 3.05) is 24.2 Å². The molecule has 25 heavy (non-hydrogen) atoms. The van der Waals surface area contributed by atoms with Crippen LogP contribution in [-0.4, -0.2) is 52.7 Å². The van der Waals surface area contributed by atoms with Crippen molar-refractivity contribution in [2.24, 2.45) is 0 Å². The van der Waals surface area contributed by atoms with Crippen LogP contribution in [0.1, 0.15) is 19.4 Å². The van der Waals surface area contributed by atoms with Crippen LogP contribution >= 0.6 is 11.8 Å². The summed E-state index contributed by atoms with van der Waals surface area (Å²) in [5, 5.41) is 9.62. The van der Waals surface area contributed by atoms with Crippen molar-refractivity contribution in [3.8, 4) is 0 Å². The minimum absolute atomic E-state index is 0.140. The number of carbonyl (C=O) groups excluding carboxylic acids is 1. The summed E-state index contributed by atoms with van der Waals surface area (Å²) >= 11 is 1.21. The van der Waals surface area contributed by atoms with Gasteiger partial charge in [-0.3, -0.25) is 9.89 Å². The second-order valence-corrected chi connectivity index (χ2v) is 8.07. The fourth-order valence-electron chi connectivity index (χ4n) is 2.25. The second kappa shape index (κ2) is 8.45. The van der Waals surface area contributed by atoms with Gasteiger partial charge in [-0.1, -0.05) is 31.7 Å². The Kier molecular flexibility index (Phi) is 6.57. The van der Waals surface area contributed by atoms with E-state index in [9.17, 15) is 13.2 Å². The number of thioether (sulfide) groups is 1. The van der Waals surface area contributed by atoms with Crippen molar-refractivity contribution in [1.29, 1.82) is 0 Å². The van der Waals surface area contributed by atoms with E-state index in [-0.39, 0.29) is 16.6 Å². The molecule has 0 aliphatic heterocycles. The van der Waals surface area contributed by atoms with E-state index in [0.717, 1.165) is 0 Å². The van der Waals surface area contributed by atoms with Gasteiger partial charge < -0.3 is 5.32 Å². The Morgan fingerprint density at radius 3 is 2.64 bits per heavy atom. The van der Waals surface area contributed by atoms with E-state index in [2.05, 4.69) is 20.5 Å². The van der Waals surface area contributed by atoms with E-state index in [1.165, 1.54) is 28.5 Å². The third kappa shape index (κ3) is 4.80. The summed E-state index contributed by atoms with van der Waals surface area (Å²) < 4.78 is 26.8. The Morgan fingerprint density at radius 1 is 1.32 bits per heavy atom. The molecule has 0 unspecified atom stereocenters. The summed E-state index contributed by atoms with van der Waals surface area (Å²) in [5.74, 6) is -0.113. The maximum absolute atomic E-state index is 12.7. The van der Waals surface area contributed by atoms with Gasteiger partial charge in [0.25, 0.3) is 0 Å². The van der Waals surface area contributed by atoms with Gasteiger partial charge in [-0.15, -0.1) is 0 Å². The number of amides is 1. The quantitative estimate of drug-likeness (QED) is 0.674. The molecule has 1 aromatic heterocycles. The van der Waals surface area contributed by atoms with Crippen LogP contribution in [0.2, 0.25) is 0 Å². The van der Waals surface area contributed by atoms with Crippen molar-refractivity contribution in [3.63, 3.8) is 0 Å². The first-order valence-electron chi connectivity index (χ1n) is 7.77. The van der Waals surface area contributed by atoms with Crippen molar-refractivity contribution in [1.82, 2.24) is 19.5 Å². The number of nitrogens with one attached hydrogen (secondary N) is 2. The number of nitrogens with zero attached hydrogens (tertiary/aromatic N) is 3. The van der Waals surface area contributed by atoms with Crippen LogP contribution in [0.5, 0.6) is 0 Å². The molecule has 1 aromatic carbocycles. The molecule has 8 nitrogen and oxygen atoms in total. The van der Waals surface area contributed by atoms with Gasteiger partial charge in [-0.2, -0.15) is 9.40 Å². The number of carbonyl (C=O) groups is 1. The van der Waals surface area contributed by atoms with Crippen LogP contribution < -0.4 is 5.32 Å². The average Bonchev–Trinajstić information content (AvgIpc) is 3.09.